The quantitative estimate of drug-likeness (QED) is 0.108. The van der Waals surface area contributed by atoms with Gasteiger partial charge in [-0.3, -0.25) is 14.5 Å². The molecule has 3 fully saturated rings. The molecule has 1 saturated carbocycles. The Bertz CT molecular complexity index is 2170. The Balaban J connectivity index is 1.37. The summed E-state index contributed by atoms with van der Waals surface area (Å²) >= 11 is 0. The van der Waals surface area contributed by atoms with Crippen LogP contribution in [0.1, 0.15) is 68.3 Å². The van der Waals surface area contributed by atoms with Gasteiger partial charge in [-0.15, -0.1) is 0 Å². The van der Waals surface area contributed by atoms with Crippen LogP contribution in [0.15, 0.2) is 48.6 Å². The number of methoxy groups -OCH3 is 2. The molecule has 0 radical (unpaired) electrons. The van der Waals surface area contributed by atoms with Gasteiger partial charge in [0.2, 0.25) is 0 Å². The molecule has 13 heteroatoms. The van der Waals surface area contributed by atoms with E-state index in [2.05, 4.69) is 16.0 Å². The van der Waals surface area contributed by atoms with Crippen LogP contribution >= 0.6 is 0 Å². The van der Waals surface area contributed by atoms with Gasteiger partial charge in [0.25, 0.3) is 5.91 Å². The number of aromatic nitrogens is 1. The van der Waals surface area contributed by atoms with Crippen LogP contribution in [0.3, 0.4) is 0 Å². The first-order chi connectivity index (χ1) is 26.6. The predicted octanol–water partition coefficient (Wildman–Crippen LogP) is 2.75. The molecule has 2 unspecified atom stereocenters. The zero-order valence-electron chi connectivity index (χ0n) is 33.0. The zero-order chi connectivity index (χ0) is 39.8. The Morgan fingerprint density at radius 2 is 1.88 bits per heavy atom. The summed E-state index contributed by atoms with van der Waals surface area (Å²) in [6, 6.07) is 10.00. The van der Waals surface area contributed by atoms with Crippen LogP contribution < -0.4 is 15.4 Å². The lowest BCUT2D eigenvalue weighted by Gasteiger charge is -2.65. The number of quaternary nitrogens is 1. The summed E-state index contributed by atoms with van der Waals surface area (Å²) in [4.78, 5) is 36.7. The van der Waals surface area contributed by atoms with Gasteiger partial charge in [-0.25, -0.2) is 0 Å². The molecule has 13 nitrogen and oxygen atoms in total. The maximum atomic E-state index is 15.2. The van der Waals surface area contributed by atoms with Gasteiger partial charge in [-0.05, 0) is 67.4 Å². The van der Waals surface area contributed by atoms with Gasteiger partial charge in [0.05, 0.1) is 49.8 Å². The summed E-state index contributed by atoms with van der Waals surface area (Å²) < 4.78 is 11.5. The lowest BCUT2D eigenvalue weighted by atomic mass is 9.47. The number of hydrogen-bond donors (Lipinski definition) is 5. The van der Waals surface area contributed by atoms with Crippen molar-refractivity contribution in [3.63, 3.8) is 0 Å². The summed E-state index contributed by atoms with van der Waals surface area (Å²) in [6.45, 7) is 6.17. The Hall–Kier alpha value is -3.98. The lowest BCUT2D eigenvalue weighted by Crippen LogP contribution is -2.83. The Morgan fingerprint density at radius 1 is 1.11 bits per heavy atom. The monoisotopic (exact) mass is 769 g/mol. The van der Waals surface area contributed by atoms with Crippen LogP contribution in [0.5, 0.6) is 5.75 Å². The first-order valence-electron chi connectivity index (χ1n) is 20.2. The number of aliphatic hydroxyl groups excluding tert-OH is 1. The molecule has 2 bridgehead atoms. The van der Waals surface area contributed by atoms with Gasteiger partial charge in [0.1, 0.15) is 23.3 Å². The predicted molar refractivity (Wildman–Crippen MR) is 210 cm³/mol. The average molecular weight is 770 g/mol. The largest absolute Gasteiger partial charge is 0.632 e. The highest BCUT2D eigenvalue weighted by Gasteiger charge is 2.81. The molecule has 5 aliphatic heterocycles. The minimum Gasteiger partial charge on any atom is -0.632 e. The average Bonchev–Trinajstić information content (AvgIpc) is 3.81. The SMILES string of the molecule is CC[C@]1(O)C[C@H]2CN(CCc3c([nH]c4ccccc34)[C@@](C(=O)OC)(c3cc4c(cc3OC)N(C)[C@H]3[C@@](O)(C(N)=O)[C@H](O)[C@]5(CC)C=CC[N+]6([O-])CC[C@]43[C@H]56)C2)C1. The number of nitrogens with two attached hydrogens (primary N) is 1. The van der Waals surface area contributed by atoms with Crippen molar-refractivity contribution in [1.82, 2.24) is 9.88 Å². The van der Waals surface area contributed by atoms with Crippen molar-refractivity contribution >= 4 is 28.5 Å². The number of primary amides is 1. The molecule has 1 aromatic heterocycles. The molecule has 1 aliphatic carbocycles. The third kappa shape index (κ3) is 4.47. The van der Waals surface area contributed by atoms with E-state index in [0.29, 0.717) is 73.6 Å². The summed E-state index contributed by atoms with van der Waals surface area (Å²) in [6.07, 6.45) is 4.51. The van der Waals surface area contributed by atoms with Gasteiger partial charge in [0.15, 0.2) is 5.60 Å². The molecule has 11 atom stereocenters. The molecule has 56 heavy (non-hydrogen) atoms. The number of aliphatic hydroxyl groups is 3. The molecular formula is C43H55N5O8. The highest BCUT2D eigenvalue weighted by molar-refractivity contribution is 5.95. The van der Waals surface area contributed by atoms with Crippen molar-refractivity contribution in [3.05, 3.63) is 76.1 Å². The molecule has 300 valence electrons. The number of rotatable bonds is 6. The fourth-order valence-corrected chi connectivity index (χ4v) is 13.3. The van der Waals surface area contributed by atoms with Crippen LogP contribution in [-0.2, 0) is 31.6 Å². The number of likely N-dealkylation sites (N-methyl/N-ethyl adjacent to an activating group) is 1. The van der Waals surface area contributed by atoms with E-state index in [1.54, 1.807) is 25.1 Å². The second kappa shape index (κ2) is 12.3. The smallest absolute Gasteiger partial charge is 0.322 e. The van der Waals surface area contributed by atoms with E-state index in [1.807, 2.05) is 50.3 Å². The van der Waals surface area contributed by atoms with E-state index in [4.69, 9.17) is 15.2 Å². The fourth-order valence-electron chi connectivity index (χ4n) is 13.3. The molecule has 9 rings (SSSR count). The first-order valence-corrected chi connectivity index (χ1v) is 20.2. The van der Waals surface area contributed by atoms with Crippen molar-refractivity contribution < 1.29 is 39.0 Å². The van der Waals surface area contributed by atoms with E-state index < -0.39 is 62.2 Å². The number of aromatic amines is 1. The lowest BCUT2D eigenvalue weighted by molar-refractivity contribution is -0.900. The minimum atomic E-state index is -2.44. The number of hydroxylamine groups is 3. The third-order valence-electron chi connectivity index (χ3n) is 15.5. The molecule has 3 aromatic rings. The van der Waals surface area contributed by atoms with Gasteiger partial charge < -0.3 is 50.3 Å². The Labute approximate surface area is 327 Å². The number of benzene rings is 2. The molecular weight excluding hydrogens is 714 g/mol. The Kier molecular flexibility index (Phi) is 8.23. The normalized spacial score (nSPS) is 40.8. The molecule has 6 aliphatic rings. The highest BCUT2D eigenvalue weighted by Crippen LogP contribution is 2.69. The van der Waals surface area contributed by atoms with E-state index in [9.17, 15) is 20.1 Å². The van der Waals surface area contributed by atoms with Gasteiger partial charge >= 0.3 is 5.97 Å². The molecule has 1 spiro atoms. The van der Waals surface area contributed by atoms with Gasteiger partial charge in [-0.2, -0.15) is 0 Å². The number of para-hydroxylation sites is 1. The number of carbonyl (C=O) groups is 2. The second-order valence-electron chi connectivity index (χ2n) is 17.9. The van der Waals surface area contributed by atoms with E-state index in [1.165, 1.54) is 7.11 Å². The maximum absolute atomic E-state index is 15.2. The molecule has 2 aromatic carbocycles. The summed E-state index contributed by atoms with van der Waals surface area (Å²) in [7, 11) is 4.72. The van der Waals surface area contributed by atoms with E-state index in [-0.39, 0.29) is 31.8 Å². The number of piperidine rings is 1. The molecule has 2 saturated heterocycles. The van der Waals surface area contributed by atoms with Crippen molar-refractivity contribution in [3.8, 4) is 5.75 Å². The van der Waals surface area contributed by atoms with Crippen LogP contribution in [0, 0.1) is 16.5 Å². The van der Waals surface area contributed by atoms with E-state index in [0.717, 1.165) is 16.5 Å². The number of nitrogens with zero attached hydrogens (tertiary/aromatic N) is 3. The Morgan fingerprint density at radius 3 is 2.57 bits per heavy atom. The number of nitrogens with one attached hydrogen (secondary N) is 1. The number of H-pyrrole nitrogens is 1. The van der Waals surface area contributed by atoms with Crippen LogP contribution in [0.2, 0.25) is 0 Å². The number of anilines is 1. The summed E-state index contributed by atoms with van der Waals surface area (Å²) in [5, 5.41) is 53.1. The molecule has 6 heterocycles. The van der Waals surface area contributed by atoms with Crippen LogP contribution in [0.4, 0.5) is 5.69 Å². The van der Waals surface area contributed by atoms with Gasteiger partial charge in [-0.1, -0.05) is 38.1 Å². The topological polar surface area (TPSA) is 185 Å². The maximum Gasteiger partial charge on any atom is 0.322 e. The van der Waals surface area contributed by atoms with Crippen molar-refractivity contribution in [2.24, 2.45) is 17.1 Å². The number of ether oxygens (including phenoxy) is 2. The molecule has 6 N–H and O–H groups in total. The van der Waals surface area contributed by atoms with Crippen molar-refractivity contribution in [2.75, 3.05) is 58.9 Å². The number of hydrogen-bond acceptors (Lipinski definition) is 10. The standard InChI is InChI=1S/C43H55N5O8/c1-6-39(52)21-25-22-42(38(51)56-5,33-27(13-16-47(23-25)24-39)26-11-8-9-12-30(26)45-33)29-19-28-31(20-32(29)55-4)46(3)34-41(28)15-18-48(54)17-10-14-40(7-2,35(41)48)36(49)43(34,53)37(44)50/h8-12,14,19-20,25,34-36,45,49,52-53H,6-7,13,15-18,21-24H2,1-5H3,(H2,44,50)/t25-,34-,35+,36-,39+,40-,41+,42+,43+,48?/m1/s1. The second-order valence-corrected chi connectivity index (χ2v) is 17.9. The van der Waals surface area contributed by atoms with Gasteiger partial charge in [0, 0.05) is 67.0 Å². The fraction of sp³-hybridized carbons (Fsp3) is 0.581. The highest BCUT2D eigenvalue weighted by atomic mass is 16.6. The zero-order valence-corrected chi connectivity index (χ0v) is 33.0. The van der Waals surface area contributed by atoms with Crippen molar-refractivity contribution in [2.45, 2.75) is 92.6 Å². The number of amides is 1. The minimum absolute atomic E-state index is 0.129. The van der Waals surface area contributed by atoms with Crippen LogP contribution in [0.25, 0.3) is 10.9 Å². The summed E-state index contributed by atoms with van der Waals surface area (Å²) in [5.74, 6) is -1.28. The van der Waals surface area contributed by atoms with E-state index >= 15 is 10.0 Å². The molecule has 1 amide bonds. The number of esters is 1. The first kappa shape index (κ1) is 37.6. The van der Waals surface area contributed by atoms with Crippen LogP contribution in [-0.4, -0.2) is 125 Å². The third-order valence-corrected chi connectivity index (χ3v) is 15.5. The number of fused-ring (bicyclic) bond motifs is 6. The summed E-state index contributed by atoms with van der Waals surface area (Å²) in [5.41, 5.74) is 3.28. The van der Waals surface area contributed by atoms with Crippen molar-refractivity contribution in [1.29, 1.82) is 0 Å². The number of carbonyl (C=O) groups excluding carboxylic acids is 2.